The van der Waals surface area contributed by atoms with Crippen LogP contribution in [-0.2, 0) is 0 Å². The molecule has 0 amide bonds. The van der Waals surface area contributed by atoms with Gasteiger partial charge < -0.3 is 0 Å². The van der Waals surface area contributed by atoms with Gasteiger partial charge in [-0.1, -0.05) is 42.5 Å². The summed E-state index contributed by atoms with van der Waals surface area (Å²) in [6.45, 7) is 0. The first-order valence-corrected chi connectivity index (χ1v) is 5.22. The fraction of sp³-hybridized carbons (Fsp3) is 0. The summed E-state index contributed by atoms with van der Waals surface area (Å²) < 4.78 is 13.3. The first-order chi connectivity index (χ1) is 8.29. The summed E-state index contributed by atoms with van der Waals surface area (Å²) in [7, 11) is 0. The molecule has 0 aliphatic rings. The molecule has 0 saturated heterocycles. The van der Waals surface area contributed by atoms with E-state index in [2.05, 4.69) is 6.07 Å². The molecule has 0 fully saturated rings. The Morgan fingerprint density at radius 1 is 0.941 bits per heavy atom. The molecule has 0 radical (unpaired) electrons. The number of hydrogen-bond donors (Lipinski definition) is 0. The van der Waals surface area contributed by atoms with Gasteiger partial charge in [-0.05, 0) is 23.8 Å². The summed E-state index contributed by atoms with van der Waals surface area (Å²) in [5.74, 6) is -0.239. The van der Waals surface area contributed by atoms with Crippen LogP contribution >= 0.6 is 0 Å². The van der Waals surface area contributed by atoms with E-state index in [1.807, 2.05) is 18.2 Å². The molecule has 0 bridgehead atoms. The van der Waals surface area contributed by atoms with Crippen LogP contribution in [0.2, 0.25) is 0 Å². The zero-order valence-corrected chi connectivity index (χ0v) is 9.10. The second-order valence-corrected chi connectivity index (χ2v) is 3.59. The Kier molecular flexibility index (Phi) is 3.32. The number of benzene rings is 2. The van der Waals surface area contributed by atoms with E-state index in [-0.39, 0.29) is 5.82 Å². The molecule has 1 nitrogen and oxygen atoms in total. The van der Waals surface area contributed by atoms with Crippen LogP contribution < -0.4 is 0 Å². The molecular weight excluding hydrogens is 213 g/mol. The molecule has 0 N–H and O–H groups in total. The van der Waals surface area contributed by atoms with Gasteiger partial charge in [0, 0.05) is 5.56 Å². The molecule has 0 aromatic heterocycles. The highest BCUT2D eigenvalue weighted by Gasteiger charge is 1.95. The number of hydrogen-bond acceptors (Lipinski definition) is 1. The molecule has 0 aliphatic heterocycles. The predicted octanol–water partition coefficient (Wildman–Crippen LogP) is 3.87. The SMILES string of the molecule is N#Cc1ccc(C=Cc2ccccc2F)cc1. The van der Waals surface area contributed by atoms with Crippen LogP contribution in [0.25, 0.3) is 12.2 Å². The molecule has 2 aromatic carbocycles. The fourth-order valence-corrected chi connectivity index (χ4v) is 1.47. The van der Waals surface area contributed by atoms with Gasteiger partial charge in [-0.25, -0.2) is 4.39 Å². The maximum Gasteiger partial charge on any atom is 0.130 e. The van der Waals surface area contributed by atoms with E-state index < -0.39 is 0 Å². The summed E-state index contributed by atoms with van der Waals surface area (Å²) in [5, 5.41) is 8.66. The maximum atomic E-state index is 13.3. The molecule has 2 rings (SSSR count). The highest BCUT2D eigenvalue weighted by Crippen LogP contribution is 2.12. The highest BCUT2D eigenvalue weighted by atomic mass is 19.1. The molecule has 0 heterocycles. The molecular formula is C15H10FN. The Labute approximate surface area is 99.5 Å². The van der Waals surface area contributed by atoms with Crippen LogP contribution in [0.15, 0.2) is 48.5 Å². The predicted molar refractivity (Wildman–Crippen MR) is 66.5 cm³/mol. The Balaban J connectivity index is 2.21. The molecule has 17 heavy (non-hydrogen) atoms. The Morgan fingerprint density at radius 3 is 2.29 bits per heavy atom. The number of halogens is 1. The van der Waals surface area contributed by atoms with E-state index in [4.69, 9.17) is 5.26 Å². The average Bonchev–Trinajstić information content (AvgIpc) is 2.38. The molecule has 2 aromatic rings. The summed E-state index contributed by atoms with van der Waals surface area (Å²) in [6.07, 6.45) is 3.54. The minimum atomic E-state index is -0.239. The van der Waals surface area contributed by atoms with E-state index in [1.54, 1.807) is 36.4 Å². The lowest BCUT2D eigenvalue weighted by Gasteiger charge is -1.96. The van der Waals surface area contributed by atoms with Gasteiger partial charge in [-0.3, -0.25) is 0 Å². The van der Waals surface area contributed by atoms with Crippen molar-refractivity contribution in [2.75, 3.05) is 0 Å². The first-order valence-electron chi connectivity index (χ1n) is 5.22. The lowest BCUT2D eigenvalue weighted by atomic mass is 10.1. The van der Waals surface area contributed by atoms with Crippen LogP contribution in [0.5, 0.6) is 0 Å². The molecule has 0 aliphatic carbocycles. The van der Waals surface area contributed by atoms with Crippen molar-refractivity contribution < 1.29 is 4.39 Å². The first kappa shape index (κ1) is 11.1. The quantitative estimate of drug-likeness (QED) is 0.709. The topological polar surface area (TPSA) is 23.8 Å². The second-order valence-electron chi connectivity index (χ2n) is 3.59. The van der Waals surface area contributed by atoms with Gasteiger partial charge in [0.05, 0.1) is 11.6 Å². The Hall–Kier alpha value is -2.40. The van der Waals surface area contributed by atoms with Crippen molar-refractivity contribution in [3.05, 3.63) is 71.0 Å². The summed E-state index contributed by atoms with van der Waals surface area (Å²) in [4.78, 5) is 0. The molecule has 2 heteroatoms. The lowest BCUT2D eigenvalue weighted by Crippen LogP contribution is -1.79. The van der Waals surface area contributed by atoms with Crippen LogP contribution in [-0.4, -0.2) is 0 Å². The van der Waals surface area contributed by atoms with Crippen LogP contribution in [0, 0.1) is 17.1 Å². The largest absolute Gasteiger partial charge is 0.206 e. The number of nitriles is 1. The second kappa shape index (κ2) is 5.09. The summed E-state index contributed by atoms with van der Waals surface area (Å²) >= 11 is 0. The van der Waals surface area contributed by atoms with E-state index in [0.29, 0.717) is 11.1 Å². The van der Waals surface area contributed by atoms with Gasteiger partial charge in [0.25, 0.3) is 0 Å². The fourth-order valence-electron chi connectivity index (χ4n) is 1.47. The van der Waals surface area contributed by atoms with Crippen LogP contribution in [0.3, 0.4) is 0 Å². The van der Waals surface area contributed by atoms with Crippen molar-refractivity contribution in [1.29, 1.82) is 5.26 Å². The van der Waals surface area contributed by atoms with Crippen molar-refractivity contribution in [3.8, 4) is 6.07 Å². The third kappa shape index (κ3) is 2.79. The minimum Gasteiger partial charge on any atom is -0.206 e. The van der Waals surface area contributed by atoms with Crippen LogP contribution in [0.1, 0.15) is 16.7 Å². The van der Waals surface area contributed by atoms with Gasteiger partial charge >= 0.3 is 0 Å². The van der Waals surface area contributed by atoms with Gasteiger partial charge in [0.1, 0.15) is 5.82 Å². The summed E-state index contributed by atoms with van der Waals surface area (Å²) in [6, 6.07) is 15.8. The number of rotatable bonds is 2. The minimum absolute atomic E-state index is 0.239. The van der Waals surface area contributed by atoms with Crippen molar-refractivity contribution in [2.45, 2.75) is 0 Å². The van der Waals surface area contributed by atoms with Crippen molar-refractivity contribution >= 4 is 12.2 Å². The summed E-state index contributed by atoms with van der Waals surface area (Å²) in [5.41, 5.74) is 2.11. The normalized spacial score (nSPS) is 10.4. The van der Waals surface area contributed by atoms with E-state index in [1.165, 1.54) is 6.07 Å². The van der Waals surface area contributed by atoms with Gasteiger partial charge in [0.2, 0.25) is 0 Å². The van der Waals surface area contributed by atoms with Gasteiger partial charge in [-0.15, -0.1) is 0 Å². The zero-order chi connectivity index (χ0) is 12.1. The van der Waals surface area contributed by atoms with Crippen molar-refractivity contribution in [2.24, 2.45) is 0 Å². The molecule has 0 unspecified atom stereocenters. The smallest absolute Gasteiger partial charge is 0.130 e. The van der Waals surface area contributed by atoms with Gasteiger partial charge in [0.15, 0.2) is 0 Å². The number of nitrogens with zero attached hydrogens (tertiary/aromatic N) is 1. The standard InChI is InChI=1S/C15H10FN/c16-15-4-2-1-3-14(15)10-9-12-5-7-13(11-17)8-6-12/h1-10H. The van der Waals surface area contributed by atoms with Crippen LogP contribution in [0.4, 0.5) is 4.39 Å². The van der Waals surface area contributed by atoms with Gasteiger partial charge in [-0.2, -0.15) is 5.26 Å². The van der Waals surface area contributed by atoms with Crippen molar-refractivity contribution in [3.63, 3.8) is 0 Å². The maximum absolute atomic E-state index is 13.3. The highest BCUT2D eigenvalue weighted by molar-refractivity contribution is 5.70. The van der Waals surface area contributed by atoms with Crippen molar-refractivity contribution in [1.82, 2.24) is 0 Å². The molecule has 0 spiro atoms. The third-order valence-electron chi connectivity index (χ3n) is 2.40. The zero-order valence-electron chi connectivity index (χ0n) is 9.10. The Bertz CT molecular complexity index is 577. The van der Waals surface area contributed by atoms with E-state index >= 15 is 0 Å². The average molecular weight is 223 g/mol. The third-order valence-corrected chi connectivity index (χ3v) is 2.40. The molecule has 0 atom stereocenters. The Morgan fingerprint density at radius 2 is 1.65 bits per heavy atom. The van der Waals surface area contributed by atoms with E-state index in [9.17, 15) is 4.39 Å². The molecule has 82 valence electrons. The van der Waals surface area contributed by atoms with E-state index in [0.717, 1.165) is 5.56 Å². The lowest BCUT2D eigenvalue weighted by molar-refractivity contribution is 0.625. The molecule has 0 saturated carbocycles. The monoisotopic (exact) mass is 223 g/mol.